The number of anilines is 1. The molecule has 0 saturated carbocycles. The summed E-state index contributed by atoms with van der Waals surface area (Å²) in [6.07, 6.45) is -3.90. The van der Waals surface area contributed by atoms with Crippen molar-refractivity contribution in [2.75, 3.05) is 11.9 Å². The fraction of sp³-hybridized carbons (Fsp3) is 0.263. The van der Waals surface area contributed by atoms with Crippen LogP contribution in [-0.2, 0) is 15.8 Å². The van der Waals surface area contributed by atoms with Crippen LogP contribution in [0.2, 0.25) is 0 Å². The molecule has 2 aromatic carbocycles. The number of nitrogens with zero attached hydrogens (tertiary/aromatic N) is 1. The third-order valence-corrected chi connectivity index (χ3v) is 3.46. The van der Waals surface area contributed by atoms with Gasteiger partial charge in [-0.2, -0.15) is 13.2 Å². The van der Waals surface area contributed by atoms with Gasteiger partial charge in [0.1, 0.15) is 5.75 Å². The number of hydrogen-bond acceptors (Lipinski definition) is 4. The molecular formula is C19H19F3N2O3. The van der Waals surface area contributed by atoms with Crippen LogP contribution in [0.1, 0.15) is 25.0 Å². The molecule has 0 radical (unpaired) electrons. The molecule has 0 aliphatic rings. The molecule has 0 aliphatic heterocycles. The molecule has 0 spiro atoms. The van der Waals surface area contributed by atoms with Crippen LogP contribution < -0.4 is 10.1 Å². The number of carbonyl (C=O) groups is 1. The van der Waals surface area contributed by atoms with Crippen molar-refractivity contribution in [2.24, 2.45) is 5.16 Å². The summed E-state index contributed by atoms with van der Waals surface area (Å²) in [6.45, 7) is 3.94. The van der Waals surface area contributed by atoms with Crippen LogP contribution in [-0.4, -0.2) is 24.8 Å². The Balaban J connectivity index is 1.86. The van der Waals surface area contributed by atoms with E-state index in [1.54, 1.807) is 24.3 Å². The second-order valence-corrected chi connectivity index (χ2v) is 5.55. The van der Waals surface area contributed by atoms with Gasteiger partial charge in [0, 0.05) is 5.69 Å². The third kappa shape index (κ3) is 6.32. The lowest BCUT2D eigenvalue weighted by Crippen LogP contribution is -2.26. The molecular weight excluding hydrogens is 361 g/mol. The SMILES string of the molecule is CCOc1ccc(/C=N\O[C@H](C)C(=O)Nc2ccc(C(F)(F)F)cc2)cc1. The average molecular weight is 380 g/mol. The zero-order valence-corrected chi connectivity index (χ0v) is 14.8. The number of rotatable bonds is 7. The fourth-order valence-corrected chi connectivity index (χ4v) is 2.03. The maximum Gasteiger partial charge on any atom is 0.416 e. The molecule has 0 aliphatic carbocycles. The molecule has 8 heteroatoms. The van der Waals surface area contributed by atoms with E-state index < -0.39 is 23.8 Å². The molecule has 27 heavy (non-hydrogen) atoms. The summed E-state index contributed by atoms with van der Waals surface area (Å²) in [5, 5.41) is 6.22. The molecule has 1 atom stereocenters. The fourth-order valence-electron chi connectivity index (χ4n) is 2.03. The minimum atomic E-state index is -4.42. The molecule has 0 bridgehead atoms. The number of alkyl halides is 3. The largest absolute Gasteiger partial charge is 0.494 e. The Kier molecular flexibility index (Phi) is 6.81. The van der Waals surface area contributed by atoms with E-state index in [-0.39, 0.29) is 5.69 Å². The van der Waals surface area contributed by atoms with E-state index in [2.05, 4.69) is 10.5 Å². The Morgan fingerprint density at radius 3 is 2.33 bits per heavy atom. The van der Waals surface area contributed by atoms with Crippen molar-refractivity contribution < 1.29 is 27.5 Å². The first-order valence-corrected chi connectivity index (χ1v) is 8.19. The van der Waals surface area contributed by atoms with Gasteiger partial charge in [-0.05, 0) is 67.9 Å². The topological polar surface area (TPSA) is 59.9 Å². The lowest BCUT2D eigenvalue weighted by Gasteiger charge is -2.11. The second-order valence-electron chi connectivity index (χ2n) is 5.55. The van der Waals surface area contributed by atoms with Gasteiger partial charge in [0.15, 0.2) is 0 Å². The Bertz CT molecular complexity index is 772. The van der Waals surface area contributed by atoms with Gasteiger partial charge in [0.05, 0.1) is 18.4 Å². The van der Waals surface area contributed by atoms with E-state index in [1.165, 1.54) is 25.3 Å². The number of oxime groups is 1. The summed E-state index contributed by atoms with van der Waals surface area (Å²) in [6, 6.07) is 11.3. The summed E-state index contributed by atoms with van der Waals surface area (Å²) in [5.74, 6) is 0.207. The van der Waals surface area contributed by atoms with Crippen LogP contribution in [0.25, 0.3) is 0 Å². The molecule has 1 N–H and O–H groups in total. The first kappa shape index (κ1) is 20.3. The van der Waals surface area contributed by atoms with Crippen molar-refractivity contribution in [1.82, 2.24) is 0 Å². The van der Waals surface area contributed by atoms with E-state index in [9.17, 15) is 18.0 Å². The normalized spacial score (nSPS) is 12.6. The van der Waals surface area contributed by atoms with Gasteiger partial charge in [-0.1, -0.05) is 5.16 Å². The summed E-state index contributed by atoms with van der Waals surface area (Å²) < 4.78 is 42.9. The lowest BCUT2D eigenvalue weighted by molar-refractivity contribution is -0.137. The Labute approximate surface area is 154 Å². The molecule has 5 nitrogen and oxygen atoms in total. The van der Waals surface area contributed by atoms with Gasteiger partial charge in [-0.15, -0.1) is 0 Å². The minimum absolute atomic E-state index is 0.235. The standard InChI is InChI=1S/C19H19F3N2O3/c1-3-26-17-10-4-14(5-11-17)12-23-27-13(2)18(25)24-16-8-6-15(7-9-16)19(20,21)22/h4-13H,3H2,1-2H3,(H,24,25)/b23-12-/t13-/m1/s1. The number of halogens is 3. The van der Waals surface area contributed by atoms with Gasteiger partial charge < -0.3 is 14.9 Å². The third-order valence-electron chi connectivity index (χ3n) is 3.46. The van der Waals surface area contributed by atoms with Gasteiger partial charge in [-0.3, -0.25) is 4.79 Å². The van der Waals surface area contributed by atoms with Crippen molar-refractivity contribution in [1.29, 1.82) is 0 Å². The first-order chi connectivity index (χ1) is 12.8. The zero-order valence-electron chi connectivity index (χ0n) is 14.8. The van der Waals surface area contributed by atoms with Crippen molar-refractivity contribution in [3.05, 3.63) is 59.7 Å². The number of nitrogens with one attached hydrogen (secondary N) is 1. The average Bonchev–Trinajstić information content (AvgIpc) is 2.63. The maximum absolute atomic E-state index is 12.5. The van der Waals surface area contributed by atoms with E-state index in [0.717, 1.165) is 23.4 Å². The molecule has 1 amide bonds. The zero-order chi connectivity index (χ0) is 19.9. The Morgan fingerprint density at radius 1 is 1.15 bits per heavy atom. The van der Waals surface area contributed by atoms with Gasteiger partial charge >= 0.3 is 6.18 Å². The second kappa shape index (κ2) is 9.07. The van der Waals surface area contributed by atoms with E-state index >= 15 is 0 Å². The van der Waals surface area contributed by atoms with Crippen molar-refractivity contribution in [2.45, 2.75) is 26.1 Å². The molecule has 0 saturated heterocycles. The van der Waals surface area contributed by atoms with Crippen molar-refractivity contribution in [3.8, 4) is 5.75 Å². The number of hydrogen-bond donors (Lipinski definition) is 1. The molecule has 0 fully saturated rings. The summed E-state index contributed by atoms with van der Waals surface area (Å²) in [5.41, 5.74) is 0.206. The minimum Gasteiger partial charge on any atom is -0.494 e. The molecule has 2 rings (SSSR count). The summed E-state index contributed by atoms with van der Waals surface area (Å²) in [7, 11) is 0. The van der Waals surface area contributed by atoms with Gasteiger partial charge in [0.25, 0.3) is 5.91 Å². The predicted molar refractivity (Wildman–Crippen MR) is 95.8 cm³/mol. The Hall–Kier alpha value is -3.03. The number of carbonyl (C=O) groups excluding carboxylic acids is 1. The van der Waals surface area contributed by atoms with E-state index in [1.807, 2.05) is 6.92 Å². The monoisotopic (exact) mass is 380 g/mol. The van der Waals surface area contributed by atoms with Crippen LogP contribution >= 0.6 is 0 Å². The summed E-state index contributed by atoms with van der Waals surface area (Å²) >= 11 is 0. The molecule has 2 aromatic rings. The molecule has 0 unspecified atom stereocenters. The Morgan fingerprint density at radius 2 is 1.78 bits per heavy atom. The maximum atomic E-state index is 12.5. The molecule has 0 aromatic heterocycles. The highest BCUT2D eigenvalue weighted by molar-refractivity contribution is 5.94. The van der Waals surface area contributed by atoms with Crippen molar-refractivity contribution >= 4 is 17.8 Å². The highest BCUT2D eigenvalue weighted by Crippen LogP contribution is 2.29. The number of ether oxygens (including phenoxy) is 1. The number of amides is 1. The predicted octanol–water partition coefficient (Wildman–Crippen LogP) is 4.48. The van der Waals surface area contributed by atoms with Crippen LogP contribution in [0, 0.1) is 0 Å². The van der Waals surface area contributed by atoms with Crippen LogP contribution in [0.3, 0.4) is 0 Å². The van der Waals surface area contributed by atoms with Crippen LogP contribution in [0.15, 0.2) is 53.7 Å². The van der Waals surface area contributed by atoms with E-state index in [4.69, 9.17) is 9.57 Å². The van der Waals surface area contributed by atoms with E-state index in [0.29, 0.717) is 6.61 Å². The number of benzene rings is 2. The lowest BCUT2D eigenvalue weighted by atomic mass is 10.2. The quantitative estimate of drug-likeness (QED) is 0.569. The van der Waals surface area contributed by atoms with Gasteiger partial charge in [-0.25, -0.2) is 0 Å². The van der Waals surface area contributed by atoms with Crippen LogP contribution in [0.4, 0.5) is 18.9 Å². The summed E-state index contributed by atoms with van der Waals surface area (Å²) in [4.78, 5) is 17.1. The molecule has 144 valence electrons. The van der Waals surface area contributed by atoms with Crippen molar-refractivity contribution in [3.63, 3.8) is 0 Å². The highest BCUT2D eigenvalue weighted by atomic mass is 19.4. The van der Waals surface area contributed by atoms with Gasteiger partial charge in [0.2, 0.25) is 6.10 Å². The van der Waals surface area contributed by atoms with Crippen LogP contribution in [0.5, 0.6) is 5.75 Å². The smallest absolute Gasteiger partial charge is 0.416 e. The first-order valence-electron chi connectivity index (χ1n) is 8.19. The highest BCUT2D eigenvalue weighted by Gasteiger charge is 2.30. The molecule has 0 heterocycles.